The van der Waals surface area contributed by atoms with Gasteiger partial charge in [-0.1, -0.05) is 29.3 Å². The van der Waals surface area contributed by atoms with Crippen LogP contribution in [0.1, 0.15) is 16.2 Å². The van der Waals surface area contributed by atoms with E-state index >= 15 is 0 Å². The summed E-state index contributed by atoms with van der Waals surface area (Å²) in [5.74, 6) is -0.200. The fourth-order valence-corrected chi connectivity index (χ4v) is 2.27. The Hall–Kier alpha value is -2.64. The van der Waals surface area contributed by atoms with Crippen LogP contribution in [-0.4, -0.2) is 31.3 Å². The summed E-state index contributed by atoms with van der Waals surface area (Å²) < 4.78 is 7.03. The molecule has 0 atom stereocenters. The number of aromatic nitrogens is 4. The molecular weight excluding hydrogens is 355 g/mol. The lowest BCUT2D eigenvalue weighted by molar-refractivity contribution is 0.0696. The number of nitrogens with zero attached hydrogens (tertiary/aromatic N) is 4. The van der Waals surface area contributed by atoms with E-state index in [1.165, 1.54) is 16.8 Å². The average Bonchev–Trinajstić information content (AvgIpc) is 3.04. The Morgan fingerprint density at radius 3 is 2.75 bits per heavy atom. The Kier molecular flexibility index (Phi) is 4.64. The van der Waals surface area contributed by atoms with Crippen LogP contribution < -0.4 is 4.74 Å². The lowest BCUT2D eigenvalue weighted by atomic mass is 10.2. The second-order valence-electron chi connectivity index (χ2n) is 4.73. The first-order chi connectivity index (χ1) is 11.5. The summed E-state index contributed by atoms with van der Waals surface area (Å²) in [6, 6.07) is 11.2. The molecule has 1 heterocycles. The number of halogens is 2. The van der Waals surface area contributed by atoms with Gasteiger partial charge in [-0.15, -0.1) is 5.10 Å². The minimum atomic E-state index is -1.03. The maximum Gasteiger partial charge on any atom is 0.335 e. The van der Waals surface area contributed by atoms with Crippen LogP contribution in [0.3, 0.4) is 0 Å². The van der Waals surface area contributed by atoms with Crippen molar-refractivity contribution in [1.82, 2.24) is 20.2 Å². The third-order valence-electron chi connectivity index (χ3n) is 3.13. The Bertz CT molecular complexity index is 898. The maximum absolute atomic E-state index is 11.0. The highest BCUT2D eigenvalue weighted by molar-refractivity contribution is 6.42. The number of aromatic carboxylic acids is 1. The van der Waals surface area contributed by atoms with E-state index in [9.17, 15) is 4.79 Å². The molecule has 0 unspecified atom stereocenters. The Morgan fingerprint density at radius 1 is 1.17 bits per heavy atom. The largest absolute Gasteiger partial charge is 0.486 e. The molecule has 1 N–H and O–H groups in total. The van der Waals surface area contributed by atoms with E-state index in [-0.39, 0.29) is 12.2 Å². The summed E-state index contributed by atoms with van der Waals surface area (Å²) in [6.45, 7) is 0.0519. The standard InChI is InChI=1S/C15H10Cl2N4O3/c16-12-5-4-10(7-13(12)17)21-14(18-19-20-21)8-24-11-3-1-2-9(6-11)15(22)23/h1-7H,8H2,(H,22,23). The van der Waals surface area contributed by atoms with Crippen LogP contribution >= 0.6 is 23.2 Å². The number of tetrazole rings is 1. The van der Waals surface area contributed by atoms with Gasteiger partial charge < -0.3 is 9.84 Å². The van der Waals surface area contributed by atoms with Crippen molar-refractivity contribution in [2.24, 2.45) is 0 Å². The molecule has 0 aliphatic rings. The Labute approximate surface area is 146 Å². The highest BCUT2D eigenvalue weighted by atomic mass is 35.5. The average molecular weight is 365 g/mol. The van der Waals surface area contributed by atoms with E-state index in [4.69, 9.17) is 33.0 Å². The van der Waals surface area contributed by atoms with Gasteiger partial charge in [0, 0.05) is 0 Å². The molecule has 1 aromatic heterocycles. The van der Waals surface area contributed by atoms with Crippen molar-refractivity contribution in [3.63, 3.8) is 0 Å². The van der Waals surface area contributed by atoms with Gasteiger partial charge >= 0.3 is 5.97 Å². The first kappa shape index (κ1) is 16.2. The summed E-state index contributed by atoms with van der Waals surface area (Å²) in [4.78, 5) is 11.0. The number of ether oxygens (including phenoxy) is 1. The van der Waals surface area contributed by atoms with Crippen LogP contribution in [0.4, 0.5) is 0 Å². The van der Waals surface area contributed by atoms with Crippen molar-refractivity contribution in [3.05, 3.63) is 63.9 Å². The molecule has 9 heteroatoms. The van der Waals surface area contributed by atoms with Crippen LogP contribution in [0.5, 0.6) is 5.75 Å². The zero-order valence-corrected chi connectivity index (χ0v) is 13.6. The van der Waals surface area contributed by atoms with Gasteiger partial charge in [0.05, 0.1) is 21.3 Å². The second kappa shape index (κ2) is 6.86. The van der Waals surface area contributed by atoms with Crippen molar-refractivity contribution in [1.29, 1.82) is 0 Å². The van der Waals surface area contributed by atoms with Gasteiger partial charge in [-0.3, -0.25) is 0 Å². The summed E-state index contributed by atoms with van der Waals surface area (Å²) in [6.07, 6.45) is 0. The van der Waals surface area contributed by atoms with Crippen LogP contribution in [0.25, 0.3) is 5.69 Å². The topological polar surface area (TPSA) is 90.1 Å². The monoisotopic (exact) mass is 364 g/mol. The van der Waals surface area contributed by atoms with E-state index < -0.39 is 5.97 Å². The molecule has 24 heavy (non-hydrogen) atoms. The zero-order valence-electron chi connectivity index (χ0n) is 12.1. The maximum atomic E-state index is 11.0. The van der Waals surface area contributed by atoms with Crippen molar-refractivity contribution < 1.29 is 14.6 Å². The fraction of sp³-hybridized carbons (Fsp3) is 0.0667. The number of carbonyl (C=O) groups is 1. The summed E-state index contributed by atoms with van der Waals surface area (Å²) in [5.41, 5.74) is 0.767. The zero-order chi connectivity index (χ0) is 17.1. The van der Waals surface area contributed by atoms with Crippen LogP contribution in [-0.2, 0) is 6.61 Å². The molecule has 0 aliphatic heterocycles. The molecule has 0 saturated carbocycles. The number of hydrogen-bond donors (Lipinski definition) is 1. The minimum Gasteiger partial charge on any atom is -0.486 e. The number of carboxylic acids is 1. The third-order valence-corrected chi connectivity index (χ3v) is 3.87. The highest BCUT2D eigenvalue weighted by Crippen LogP contribution is 2.24. The molecule has 0 aliphatic carbocycles. The third kappa shape index (κ3) is 3.47. The minimum absolute atomic E-state index is 0.0519. The van der Waals surface area contributed by atoms with Crippen molar-refractivity contribution in [3.8, 4) is 11.4 Å². The van der Waals surface area contributed by atoms with Gasteiger partial charge in [-0.25, -0.2) is 4.79 Å². The van der Waals surface area contributed by atoms with Crippen LogP contribution in [0.2, 0.25) is 10.0 Å². The number of hydrogen-bond acceptors (Lipinski definition) is 5. The Balaban J connectivity index is 1.80. The second-order valence-corrected chi connectivity index (χ2v) is 5.54. The number of benzene rings is 2. The molecule has 2 aromatic carbocycles. The molecule has 0 radical (unpaired) electrons. The van der Waals surface area contributed by atoms with E-state index in [1.807, 2.05) is 0 Å². The molecule has 0 spiro atoms. The molecule has 0 bridgehead atoms. The lowest BCUT2D eigenvalue weighted by Gasteiger charge is -2.08. The van der Waals surface area contributed by atoms with Gasteiger partial charge in [0.2, 0.25) is 0 Å². The predicted molar refractivity (Wildman–Crippen MR) is 86.9 cm³/mol. The molecule has 122 valence electrons. The molecule has 0 fully saturated rings. The quantitative estimate of drug-likeness (QED) is 0.747. The van der Waals surface area contributed by atoms with E-state index in [1.54, 1.807) is 30.3 Å². The molecule has 3 aromatic rings. The van der Waals surface area contributed by atoms with Gasteiger partial charge in [-0.2, -0.15) is 4.68 Å². The van der Waals surface area contributed by atoms with Gasteiger partial charge in [0.25, 0.3) is 0 Å². The van der Waals surface area contributed by atoms with E-state index in [0.717, 1.165) is 0 Å². The van der Waals surface area contributed by atoms with E-state index in [0.29, 0.717) is 27.3 Å². The molecule has 3 rings (SSSR count). The lowest BCUT2D eigenvalue weighted by Crippen LogP contribution is -2.07. The highest BCUT2D eigenvalue weighted by Gasteiger charge is 2.11. The summed E-state index contributed by atoms with van der Waals surface area (Å²) in [7, 11) is 0. The summed E-state index contributed by atoms with van der Waals surface area (Å²) in [5, 5.41) is 21.2. The molecule has 0 amide bonds. The molecular formula is C15H10Cl2N4O3. The first-order valence-corrected chi connectivity index (χ1v) is 7.49. The molecule has 0 saturated heterocycles. The normalized spacial score (nSPS) is 10.6. The van der Waals surface area contributed by atoms with Gasteiger partial charge in [-0.05, 0) is 46.8 Å². The fourth-order valence-electron chi connectivity index (χ4n) is 1.98. The number of rotatable bonds is 5. The first-order valence-electron chi connectivity index (χ1n) is 6.73. The SMILES string of the molecule is O=C(O)c1cccc(OCc2nnnn2-c2ccc(Cl)c(Cl)c2)c1. The Morgan fingerprint density at radius 2 is 2.00 bits per heavy atom. The van der Waals surface area contributed by atoms with E-state index in [2.05, 4.69) is 15.5 Å². The van der Waals surface area contributed by atoms with Crippen molar-refractivity contribution in [2.75, 3.05) is 0 Å². The van der Waals surface area contributed by atoms with Gasteiger partial charge in [0.15, 0.2) is 5.82 Å². The number of carboxylic acid groups (broad SMARTS) is 1. The summed E-state index contributed by atoms with van der Waals surface area (Å²) >= 11 is 11.9. The van der Waals surface area contributed by atoms with Crippen LogP contribution in [0, 0.1) is 0 Å². The van der Waals surface area contributed by atoms with Crippen molar-refractivity contribution >= 4 is 29.2 Å². The van der Waals surface area contributed by atoms with Crippen molar-refractivity contribution in [2.45, 2.75) is 6.61 Å². The predicted octanol–water partition coefficient (Wildman–Crippen LogP) is 3.25. The smallest absolute Gasteiger partial charge is 0.335 e. The van der Waals surface area contributed by atoms with Crippen LogP contribution in [0.15, 0.2) is 42.5 Å². The molecule has 7 nitrogen and oxygen atoms in total. The van der Waals surface area contributed by atoms with Gasteiger partial charge in [0.1, 0.15) is 12.4 Å².